The van der Waals surface area contributed by atoms with Gasteiger partial charge in [0.1, 0.15) is 5.78 Å². The monoisotopic (exact) mass is 206 g/mol. The van der Waals surface area contributed by atoms with Gasteiger partial charge in [-0.25, -0.2) is 0 Å². The number of carbonyl (C=O) groups excluding carboxylic acids is 2. The minimum Gasteiger partial charge on any atom is -0.312 e. The van der Waals surface area contributed by atoms with Gasteiger partial charge in [0, 0.05) is 24.6 Å². The van der Waals surface area contributed by atoms with Gasteiger partial charge >= 0.3 is 0 Å². The number of anilines is 1. The molecule has 0 N–H and O–H groups in total. The maximum Gasteiger partial charge on any atom is 0.234 e. The third-order valence-electron chi connectivity index (χ3n) is 1.99. The van der Waals surface area contributed by atoms with E-state index in [1.807, 2.05) is 6.92 Å². The molecule has 0 aliphatic heterocycles. The van der Waals surface area contributed by atoms with Gasteiger partial charge in [0.05, 0.1) is 6.42 Å². The topological polar surface area (TPSA) is 50.3 Å². The second kappa shape index (κ2) is 5.24. The molecule has 1 aromatic rings. The first-order chi connectivity index (χ1) is 7.15. The molecule has 0 aliphatic rings. The Balaban J connectivity index is 2.80. The van der Waals surface area contributed by atoms with Crippen LogP contribution in [0, 0.1) is 0 Å². The van der Waals surface area contributed by atoms with Crippen molar-refractivity contribution in [2.45, 2.75) is 20.3 Å². The average Bonchev–Trinajstić information content (AvgIpc) is 2.19. The number of hydrogen-bond donors (Lipinski definition) is 0. The van der Waals surface area contributed by atoms with E-state index >= 15 is 0 Å². The molecule has 0 spiro atoms. The van der Waals surface area contributed by atoms with Crippen molar-refractivity contribution in [3.8, 4) is 0 Å². The fraction of sp³-hybridized carbons (Fsp3) is 0.364. The number of amides is 1. The van der Waals surface area contributed by atoms with E-state index in [4.69, 9.17) is 0 Å². The smallest absolute Gasteiger partial charge is 0.234 e. The summed E-state index contributed by atoms with van der Waals surface area (Å²) >= 11 is 0. The Morgan fingerprint density at radius 3 is 2.40 bits per heavy atom. The summed E-state index contributed by atoms with van der Waals surface area (Å²) in [7, 11) is 0. The molecular weight excluding hydrogens is 192 g/mol. The van der Waals surface area contributed by atoms with Crippen LogP contribution in [0.2, 0.25) is 0 Å². The van der Waals surface area contributed by atoms with Crippen molar-refractivity contribution in [2.24, 2.45) is 0 Å². The van der Waals surface area contributed by atoms with Crippen LogP contribution in [0.15, 0.2) is 24.5 Å². The first-order valence-electron chi connectivity index (χ1n) is 4.85. The average molecular weight is 206 g/mol. The zero-order valence-corrected chi connectivity index (χ0v) is 8.93. The number of aromatic nitrogens is 1. The molecule has 4 nitrogen and oxygen atoms in total. The highest BCUT2D eigenvalue weighted by molar-refractivity contribution is 6.04. The van der Waals surface area contributed by atoms with Crippen LogP contribution < -0.4 is 4.90 Å². The van der Waals surface area contributed by atoms with Crippen molar-refractivity contribution in [1.29, 1.82) is 0 Å². The van der Waals surface area contributed by atoms with Crippen LogP contribution in [-0.4, -0.2) is 23.2 Å². The Morgan fingerprint density at radius 1 is 1.33 bits per heavy atom. The molecule has 0 saturated carbocycles. The van der Waals surface area contributed by atoms with Crippen molar-refractivity contribution < 1.29 is 9.59 Å². The lowest BCUT2D eigenvalue weighted by Crippen LogP contribution is -2.31. The molecule has 1 aromatic heterocycles. The van der Waals surface area contributed by atoms with Crippen LogP contribution >= 0.6 is 0 Å². The number of rotatable bonds is 4. The highest BCUT2D eigenvalue weighted by atomic mass is 16.2. The second-order valence-electron chi connectivity index (χ2n) is 3.22. The summed E-state index contributed by atoms with van der Waals surface area (Å²) in [4.78, 5) is 28.0. The van der Waals surface area contributed by atoms with Crippen molar-refractivity contribution in [3.63, 3.8) is 0 Å². The zero-order chi connectivity index (χ0) is 11.3. The molecule has 4 heteroatoms. The van der Waals surface area contributed by atoms with E-state index in [1.54, 1.807) is 29.4 Å². The highest BCUT2D eigenvalue weighted by Crippen LogP contribution is 2.12. The maximum atomic E-state index is 11.7. The first-order valence-corrected chi connectivity index (χ1v) is 4.85. The largest absolute Gasteiger partial charge is 0.312 e. The van der Waals surface area contributed by atoms with E-state index < -0.39 is 0 Å². The van der Waals surface area contributed by atoms with Gasteiger partial charge in [-0.05, 0) is 26.0 Å². The molecule has 0 unspecified atom stereocenters. The molecule has 1 amide bonds. The third kappa shape index (κ3) is 3.16. The number of carbonyl (C=O) groups is 2. The Kier molecular flexibility index (Phi) is 3.97. The first kappa shape index (κ1) is 11.4. The summed E-state index contributed by atoms with van der Waals surface area (Å²) in [6.07, 6.45) is 3.20. The van der Waals surface area contributed by atoms with Gasteiger partial charge in [0.15, 0.2) is 0 Å². The second-order valence-corrected chi connectivity index (χ2v) is 3.22. The molecule has 15 heavy (non-hydrogen) atoms. The molecule has 1 heterocycles. The standard InChI is InChI=1S/C11H14N2O2/c1-3-13(11(15)8-9(2)14)10-4-6-12-7-5-10/h4-7H,3,8H2,1-2H3. The summed E-state index contributed by atoms with van der Waals surface area (Å²) in [5, 5.41) is 0. The maximum absolute atomic E-state index is 11.7. The van der Waals surface area contributed by atoms with Crippen molar-refractivity contribution in [3.05, 3.63) is 24.5 Å². The molecular formula is C11H14N2O2. The summed E-state index contributed by atoms with van der Waals surface area (Å²) in [5.41, 5.74) is 0.777. The Morgan fingerprint density at radius 2 is 1.93 bits per heavy atom. The molecule has 0 radical (unpaired) electrons. The van der Waals surface area contributed by atoms with Crippen LogP contribution in [0.4, 0.5) is 5.69 Å². The predicted molar refractivity (Wildman–Crippen MR) is 57.6 cm³/mol. The number of ketones is 1. The molecule has 0 atom stereocenters. The SMILES string of the molecule is CCN(C(=O)CC(C)=O)c1ccncc1. The van der Waals surface area contributed by atoms with E-state index in [2.05, 4.69) is 4.98 Å². The molecule has 0 aromatic carbocycles. The van der Waals surface area contributed by atoms with Crippen LogP contribution in [0.1, 0.15) is 20.3 Å². The summed E-state index contributed by atoms with van der Waals surface area (Å²) in [6.45, 7) is 3.84. The fourth-order valence-corrected chi connectivity index (χ4v) is 1.34. The molecule has 0 bridgehead atoms. The van der Waals surface area contributed by atoms with E-state index in [1.165, 1.54) is 6.92 Å². The quantitative estimate of drug-likeness (QED) is 0.700. The lowest BCUT2D eigenvalue weighted by molar-refractivity contribution is -0.125. The van der Waals surface area contributed by atoms with E-state index in [0.717, 1.165) is 5.69 Å². The lowest BCUT2D eigenvalue weighted by Gasteiger charge is -2.20. The van der Waals surface area contributed by atoms with E-state index in [-0.39, 0.29) is 18.1 Å². The molecule has 80 valence electrons. The van der Waals surface area contributed by atoms with Crippen LogP contribution in [0.3, 0.4) is 0 Å². The minimum absolute atomic E-state index is 0.0455. The molecule has 0 saturated heterocycles. The molecule has 1 rings (SSSR count). The van der Waals surface area contributed by atoms with Crippen molar-refractivity contribution in [2.75, 3.05) is 11.4 Å². The van der Waals surface area contributed by atoms with Crippen molar-refractivity contribution in [1.82, 2.24) is 4.98 Å². The number of nitrogens with zero attached hydrogens (tertiary/aromatic N) is 2. The van der Waals surface area contributed by atoms with E-state index in [0.29, 0.717) is 6.54 Å². The lowest BCUT2D eigenvalue weighted by atomic mass is 10.2. The van der Waals surface area contributed by atoms with Crippen LogP contribution in [0.5, 0.6) is 0 Å². The summed E-state index contributed by atoms with van der Waals surface area (Å²) in [6, 6.07) is 3.50. The summed E-state index contributed by atoms with van der Waals surface area (Å²) < 4.78 is 0. The molecule has 0 fully saturated rings. The van der Waals surface area contributed by atoms with Crippen LogP contribution in [0.25, 0.3) is 0 Å². The Hall–Kier alpha value is -1.71. The third-order valence-corrected chi connectivity index (χ3v) is 1.99. The van der Waals surface area contributed by atoms with Gasteiger partial charge in [-0.2, -0.15) is 0 Å². The van der Waals surface area contributed by atoms with Crippen molar-refractivity contribution >= 4 is 17.4 Å². The van der Waals surface area contributed by atoms with Gasteiger partial charge in [0.2, 0.25) is 5.91 Å². The van der Waals surface area contributed by atoms with Gasteiger partial charge < -0.3 is 4.90 Å². The number of pyridine rings is 1. The van der Waals surface area contributed by atoms with Gasteiger partial charge in [-0.15, -0.1) is 0 Å². The fourth-order valence-electron chi connectivity index (χ4n) is 1.34. The summed E-state index contributed by atoms with van der Waals surface area (Å²) in [5.74, 6) is -0.288. The molecule has 0 aliphatic carbocycles. The van der Waals surface area contributed by atoms with Gasteiger partial charge in [0.25, 0.3) is 0 Å². The normalized spacial score (nSPS) is 9.73. The Labute approximate surface area is 88.9 Å². The minimum atomic E-state index is -0.170. The number of hydrogen-bond acceptors (Lipinski definition) is 3. The predicted octanol–water partition coefficient (Wildman–Crippen LogP) is 1.41. The van der Waals surface area contributed by atoms with Gasteiger partial charge in [-0.1, -0.05) is 0 Å². The van der Waals surface area contributed by atoms with E-state index in [9.17, 15) is 9.59 Å². The Bertz CT molecular complexity index is 349. The number of Topliss-reactive ketones (excluding diaryl/α,β-unsaturated/α-hetero) is 1. The highest BCUT2D eigenvalue weighted by Gasteiger charge is 2.14. The van der Waals surface area contributed by atoms with Gasteiger partial charge in [-0.3, -0.25) is 14.6 Å². The van der Waals surface area contributed by atoms with Crippen LogP contribution in [-0.2, 0) is 9.59 Å². The zero-order valence-electron chi connectivity index (χ0n) is 8.93.